The number of benzene rings is 2. The SMILES string of the molecule is O=C(CCCCn1ccnc1)c1ccc2nc(-c3ccccc3)c(C3=CCOCC3)nc2c1. The summed E-state index contributed by atoms with van der Waals surface area (Å²) < 4.78 is 7.54. The summed E-state index contributed by atoms with van der Waals surface area (Å²) in [6, 6.07) is 15.8. The van der Waals surface area contributed by atoms with E-state index in [1.807, 2.05) is 47.2 Å². The molecule has 0 unspecified atom stereocenters. The van der Waals surface area contributed by atoms with Crippen molar-refractivity contribution in [2.24, 2.45) is 0 Å². The number of fused-ring (bicyclic) bond motifs is 1. The zero-order valence-corrected chi connectivity index (χ0v) is 18.5. The first-order valence-electron chi connectivity index (χ1n) is 11.4. The lowest BCUT2D eigenvalue weighted by atomic mass is 10.00. The summed E-state index contributed by atoms with van der Waals surface area (Å²) in [5, 5.41) is 0. The maximum absolute atomic E-state index is 12.8. The molecule has 0 atom stereocenters. The van der Waals surface area contributed by atoms with E-state index in [1.54, 1.807) is 12.5 Å². The highest BCUT2D eigenvalue weighted by molar-refractivity contribution is 5.99. The minimum atomic E-state index is 0.142. The summed E-state index contributed by atoms with van der Waals surface area (Å²) in [4.78, 5) is 26.8. The second-order valence-corrected chi connectivity index (χ2v) is 8.23. The van der Waals surface area contributed by atoms with Crippen molar-refractivity contribution in [3.8, 4) is 11.3 Å². The normalized spacial score (nSPS) is 13.8. The molecule has 2 aromatic carbocycles. The molecule has 5 rings (SSSR count). The minimum Gasteiger partial charge on any atom is -0.377 e. The third-order valence-electron chi connectivity index (χ3n) is 5.93. The Bertz CT molecular complexity index is 1280. The van der Waals surface area contributed by atoms with Gasteiger partial charge in [-0.25, -0.2) is 15.0 Å². The molecule has 0 aliphatic carbocycles. The van der Waals surface area contributed by atoms with Crippen molar-refractivity contribution in [1.82, 2.24) is 19.5 Å². The first-order valence-corrected chi connectivity index (χ1v) is 11.4. The Kier molecular flexibility index (Phi) is 6.35. The van der Waals surface area contributed by atoms with E-state index in [2.05, 4.69) is 23.2 Å². The van der Waals surface area contributed by atoms with E-state index in [0.29, 0.717) is 25.2 Å². The Morgan fingerprint density at radius 1 is 1.00 bits per heavy atom. The van der Waals surface area contributed by atoms with Gasteiger partial charge in [-0.05, 0) is 43.0 Å². The number of carbonyl (C=O) groups excluding carboxylic acids is 1. The van der Waals surface area contributed by atoms with Crippen LogP contribution >= 0.6 is 0 Å². The molecule has 0 N–H and O–H groups in total. The molecule has 0 radical (unpaired) electrons. The van der Waals surface area contributed by atoms with E-state index >= 15 is 0 Å². The maximum atomic E-state index is 12.8. The molecule has 0 fully saturated rings. The van der Waals surface area contributed by atoms with Gasteiger partial charge in [0.25, 0.3) is 0 Å². The number of aryl methyl sites for hydroxylation is 1. The van der Waals surface area contributed by atoms with Crippen LogP contribution in [0.4, 0.5) is 0 Å². The highest BCUT2D eigenvalue weighted by atomic mass is 16.5. The number of carbonyl (C=O) groups is 1. The Morgan fingerprint density at radius 3 is 2.67 bits per heavy atom. The Balaban J connectivity index is 1.41. The van der Waals surface area contributed by atoms with Gasteiger partial charge >= 0.3 is 0 Å². The average molecular weight is 439 g/mol. The number of nitrogens with zero attached hydrogens (tertiary/aromatic N) is 4. The average Bonchev–Trinajstić information content (AvgIpc) is 3.40. The van der Waals surface area contributed by atoms with Gasteiger partial charge < -0.3 is 9.30 Å². The largest absolute Gasteiger partial charge is 0.377 e. The third kappa shape index (κ3) is 4.91. The van der Waals surface area contributed by atoms with Crippen LogP contribution in [0, 0.1) is 0 Å². The molecule has 33 heavy (non-hydrogen) atoms. The molecule has 1 aliphatic heterocycles. The van der Waals surface area contributed by atoms with Gasteiger partial charge in [-0.15, -0.1) is 0 Å². The number of aromatic nitrogens is 4. The van der Waals surface area contributed by atoms with Crippen molar-refractivity contribution in [3.05, 3.63) is 84.6 Å². The Labute approximate surface area is 193 Å². The number of rotatable bonds is 8. The lowest BCUT2D eigenvalue weighted by Gasteiger charge is -2.17. The molecule has 6 heteroatoms. The first-order chi connectivity index (χ1) is 16.3. The van der Waals surface area contributed by atoms with Gasteiger partial charge in [0.05, 0.1) is 42.0 Å². The molecule has 1 aliphatic rings. The molecular formula is C27H26N4O2. The van der Waals surface area contributed by atoms with Crippen LogP contribution in [0.3, 0.4) is 0 Å². The molecule has 2 aromatic heterocycles. The topological polar surface area (TPSA) is 69.9 Å². The molecule has 166 valence electrons. The lowest BCUT2D eigenvalue weighted by molar-refractivity contribution is 0.0979. The van der Waals surface area contributed by atoms with Crippen LogP contribution in [0.2, 0.25) is 0 Å². The fraction of sp³-hybridized carbons (Fsp3) is 0.259. The van der Waals surface area contributed by atoms with Crippen molar-refractivity contribution < 1.29 is 9.53 Å². The van der Waals surface area contributed by atoms with Gasteiger partial charge in [-0.1, -0.05) is 36.4 Å². The summed E-state index contributed by atoms with van der Waals surface area (Å²) in [5.41, 5.74) is 6.16. The number of Topliss-reactive ketones (excluding diaryl/α,β-unsaturated/α-hetero) is 1. The quantitative estimate of drug-likeness (QED) is 0.274. The van der Waals surface area contributed by atoms with E-state index in [4.69, 9.17) is 14.7 Å². The van der Waals surface area contributed by atoms with Crippen LogP contribution in [-0.2, 0) is 11.3 Å². The number of imidazole rings is 1. The smallest absolute Gasteiger partial charge is 0.162 e. The number of hydrogen-bond donors (Lipinski definition) is 0. The minimum absolute atomic E-state index is 0.142. The monoisotopic (exact) mass is 438 g/mol. The van der Waals surface area contributed by atoms with Crippen LogP contribution in [0.5, 0.6) is 0 Å². The molecule has 0 spiro atoms. The van der Waals surface area contributed by atoms with Crippen LogP contribution in [0.1, 0.15) is 41.7 Å². The summed E-state index contributed by atoms with van der Waals surface area (Å²) in [5.74, 6) is 0.142. The Morgan fingerprint density at radius 2 is 1.88 bits per heavy atom. The van der Waals surface area contributed by atoms with Crippen molar-refractivity contribution in [2.45, 2.75) is 32.2 Å². The number of ether oxygens (including phenoxy) is 1. The fourth-order valence-corrected chi connectivity index (χ4v) is 4.13. The molecular weight excluding hydrogens is 412 g/mol. The van der Waals surface area contributed by atoms with Gasteiger partial charge in [0.1, 0.15) is 0 Å². The summed E-state index contributed by atoms with van der Waals surface area (Å²) >= 11 is 0. The zero-order chi connectivity index (χ0) is 22.5. The van der Waals surface area contributed by atoms with Crippen molar-refractivity contribution in [2.75, 3.05) is 13.2 Å². The molecule has 0 saturated heterocycles. The summed E-state index contributed by atoms with van der Waals surface area (Å²) in [7, 11) is 0. The first kappa shape index (κ1) is 21.2. The molecule has 0 bridgehead atoms. The Hall–Kier alpha value is -3.64. The van der Waals surface area contributed by atoms with Crippen LogP contribution in [0.25, 0.3) is 27.9 Å². The maximum Gasteiger partial charge on any atom is 0.162 e. The van der Waals surface area contributed by atoms with E-state index < -0.39 is 0 Å². The standard InChI is InChI=1S/C27H26N4O2/c32-25(8-4-5-14-31-15-13-28-19-31)22-9-10-23-24(18-22)30-27(21-11-16-33-17-12-21)26(29-23)20-6-2-1-3-7-20/h1-3,6-7,9-11,13,15,18-19H,4-5,8,12,14,16-17H2. The highest BCUT2D eigenvalue weighted by Crippen LogP contribution is 2.31. The van der Waals surface area contributed by atoms with Gasteiger partial charge in [-0.3, -0.25) is 4.79 Å². The van der Waals surface area contributed by atoms with E-state index in [9.17, 15) is 4.79 Å². The van der Waals surface area contributed by atoms with Crippen LogP contribution in [0.15, 0.2) is 73.3 Å². The third-order valence-corrected chi connectivity index (χ3v) is 5.93. The number of unbranched alkanes of at least 4 members (excludes halogenated alkanes) is 1. The van der Waals surface area contributed by atoms with E-state index in [-0.39, 0.29) is 5.78 Å². The lowest BCUT2D eigenvalue weighted by Crippen LogP contribution is -2.08. The van der Waals surface area contributed by atoms with E-state index in [0.717, 1.165) is 59.4 Å². The number of ketones is 1. The van der Waals surface area contributed by atoms with Crippen molar-refractivity contribution in [3.63, 3.8) is 0 Å². The van der Waals surface area contributed by atoms with Gasteiger partial charge in [-0.2, -0.15) is 0 Å². The molecule has 0 saturated carbocycles. The molecule has 6 nitrogen and oxygen atoms in total. The second kappa shape index (κ2) is 9.88. The zero-order valence-electron chi connectivity index (χ0n) is 18.5. The fourth-order valence-electron chi connectivity index (χ4n) is 4.13. The van der Waals surface area contributed by atoms with Gasteiger partial charge in [0, 0.05) is 36.5 Å². The summed E-state index contributed by atoms with van der Waals surface area (Å²) in [6.45, 7) is 2.14. The molecule has 0 amide bonds. The molecule has 3 heterocycles. The highest BCUT2D eigenvalue weighted by Gasteiger charge is 2.17. The summed E-state index contributed by atoms with van der Waals surface area (Å²) in [6.07, 6.45) is 10.7. The van der Waals surface area contributed by atoms with Crippen molar-refractivity contribution >= 4 is 22.4 Å². The predicted octanol–water partition coefficient (Wildman–Crippen LogP) is 5.35. The second-order valence-electron chi connectivity index (χ2n) is 8.23. The van der Waals surface area contributed by atoms with Crippen LogP contribution in [-0.4, -0.2) is 38.5 Å². The van der Waals surface area contributed by atoms with Gasteiger partial charge in [0.2, 0.25) is 0 Å². The van der Waals surface area contributed by atoms with Crippen LogP contribution < -0.4 is 0 Å². The predicted molar refractivity (Wildman–Crippen MR) is 129 cm³/mol. The van der Waals surface area contributed by atoms with Crippen molar-refractivity contribution in [1.29, 1.82) is 0 Å². The van der Waals surface area contributed by atoms with Gasteiger partial charge in [0.15, 0.2) is 5.78 Å². The number of hydrogen-bond acceptors (Lipinski definition) is 5. The van der Waals surface area contributed by atoms with E-state index in [1.165, 1.54) is 0 Å². The molecule has 4 aromatic rings.